The average molecular weight is 348 g/mol. The van der Waals surface area contributed by atoms with E-state index < -0.39 is 11.5 Å². The van der Waals surface area contributed by atoms with Crippen LogP contribution in [0.5, 0.6) is 0 Å². The molecule has 23 heavy (non-hydrogen) atoms. The Labute approximate surface area is 141 Å². The number of anilines is 1. The minimum atomic E-state index is -0.747. The van der Waals surface area contributed by atoms with Crippen LogP contribution >= 0.6 is 23.2 Å². The van der Waals surface area contributed by atoms with Gasteiger partial charge in [0.25, 0.3) is 5.91 Å². The molecule has 0 atom stereocenters. The SMILES string of the molecule is Cc1ccc(Cl)cc1NC(=O)c1cc2cccc(Cl)c2oc1=O. The Morgan fingerprint density at radius 2 is 1.91 bits per heavy atom. The van der Waals surface area contributed by atoms with Gasteiger partial charge in [-0.05, 0) is 36.8 Å². The van der Waals surface area contributed by atoms with Crippen LogP contribution in [0.3, 0.4) is 0 Å². The number of nitrogens with one attached hydrogen (secondary N) is 1. The van der Waals surface area contributed by atoms with E-state index in [2.05, 4.69) is 5.32 Å². The molecule has 0 saturated heterocycles. The minimum absolute atomic E-state index is 0.0980. The van der Waals surface area contributed by atoms with Gasteiger partial charge in [0.05, 0.1) is 5.02 Å². The Kier molecular flexibility index (Phi) is 4.11. The van der Waals surface area contributed by atoms with Crippen molar-refractivity contribution in [2.24, 2.45) is 0 Å². The highest BCUT2D eigenvalue weighted by Gasteiger charge is 2.16. The number of benzene rings is 2. The first-order valence-corrected chi connectivity index (χ1v) is 7.51. The lowest BCUT2D eigenvalue weighted by Gasteiger charge is -2.09. The highest BCUT2D eigenvalue weighted by molar-refractivity contribution is 6.34. The smallest absolute Gasteiger partial charge is 0.349 e. The molecule has 4 nitrogen and oxygen atoms in total. The van der Waals surface area contributed by atoms with Gasteiger partial charge < -0.3 is 9.73 Å². The van der Waals surface area contributed by atoms with Crippen molar-refractivity contribution in [2.75, 3.05) is 5.32 Å². The molecule has 1 amide bonds. The molecule has 6 heteroatoms. The summed E-state index contributed by atoms with van der Waals surface area (Å²) in [6.07, 6.45) is 0. The number of para-hydroxylation sites is 1. The highest BCUT2D eigenvalue weighted by atomic mass is 35.5. The van der Waals surface area contributed by atoms with Crippen molar-refractivity contribution in [1.82, 2.24) is 0 Å². The first kappa shape index (κ1) is 15.6. The maximum absolute atomic E-state index is 12.4. The summed E-state index contributed by atoms with van der Waals surface area (Å²) in [5, 5.41) is 4.05. The second kappa shape index (κ2) is 6.07. The van der Waals surface area contributed by atoms with E-state index in [1.807, 2.05) is 6.92 Å². The van der Waals surface area contributed by atoms with Gasteiger partial charge in [0.15, 0.2) is 5.58 Å². The van der Waals surface area contributed by atoms with Crippen LogP contribution < -0.4 is 10.9 Å². The molecule has 1 aromatic heterocycles. The first-order chi connectivity index (χ1) is 11.0. The molecule has 1 heterocycles. The van der Waals surface area contributed by atoms with Crippen LogP contribution in [0.15, 0.2) is 51.7 Å². The summed E-state index contributed by atoms with van der Waals surface area (Å²) >= 11 is 11.9. The van der Waals surface area contributed by atoms with Gasteiger partial charge in [-0.1, -0.05) is 41.4 Å². The fourth-order valence-electron chi connectivity index (χ4n) is 2.19. The van der Waals surface area contributed by atoms with Crippen LogP contribution in [-0.4, -0.2) is 5.91 Å². The molecule has 3 aromatic rings. The van der Waals surface area contributed by atoms with Crippen molar-refractivity contribution < 1.29 is 9.21 Å². The van der Waals surface area contributed by atoms with E-state index in [4.69, 9.17) is 27.6 Å². The monoisotopic (exact) mass is 347 g/mol. The predicted molar refractivity (Wildman–Crippen MR) is 91.6 cm³/mol. The lowest BCUT2D eigenvalue weighted by molar-refractivity contribution is 0.102. The molecule has 0 saturated carbocycles. The Balaban J connectivity index is 2.03. The van der Waals surface area contributed by atoms with E-state index in [1.54, 1.807) is 36.4 Å². The molecule has 0 aliphatic carbocycles. The Bertz CT molecular complexity index is 979. The van der Waals surface area contributed by atoms with E-state index in [9.17, 15) is 9.59 Å². The van der Waals surface area contributed by atoms with Crippen molar-refractivity contribution in [1.29, 1.82) is 0 Å². The number of hydrogen-bond donors (Lipinski definition) is 1. The molecular weight excluding hydrogens is 337 g/mol. The summed E-state index contributed by atoms with van der Waals surface area (Å²) in [6.45, 7) is 1.83. The van der Waals surface area contributed by atoms with Crippen molar-refractivity contribution in [3.05, 3.63) is 74.1 Å². The summed E-state index contributed by atoms with van der Waals surface area (Å²) in [5.74, 6) is -0.564. The van der Waals surface area contributed by atoms with Gasteiger partial charge in [-0.2, -0.15) is 0 Å². The lowest BCUT2D eigenvalue weighted by Crippen LogP contribution is -2.21. The summed E-state index contributed by atoms with van der Waals surface area (Å²) in [4.78, 5) is 24.4. The average Bonchev–Trinajstić information content (AvgIpc) is 2.51. The normalized spacial score (nSPS) is 10.7. The van der Waals surface area contributed by atoms with Crippen LogP contribution in [0.4, 0.5) is 5.69 Å². The molecular formula is C17H11Cl2NO3. The molecule has 1 N–H and O–H groups in total. The van der Waals surface area contributed by atoms with Gasteiger partial charge in [0.1, 0.15) is 5.56 Å². The maximum Gasteiger partial charge on any atom is 0.349 e. The van der Waals surface area contributed by atoms with Crippen LogP contribution in [0.25, 0.3) is 11.0 Å². The summed E-state index contributed by atoms with van der Waals surface area (Å²) in [7, 11) is 0. The molecule has 0 aliphatic heterocycles. The maximum atomic E-state index is 12.4. The molecule has 116 valence electrons. The van der Waals surface area contributed by atoms with Crippen molar-refractivity contribution in [3.63, 3.8) is 0 Å². The zero-order valence-electron chi connectivity index (χ0n) is 12.0. The molecule has 0 fully saturated rings. The second-order valence-corrected chi connectivity index (χ2v) is 5.86. The predicted octanol–water partition coefficient (Wildman–Crippen LogP) is 4.66. The van der Waals surface area contributed by atoms with E-state index >= 15 is 0 Å². The van der Waals surface area contributed by atoms with E-state index in [0.717, 1.165) is 5.56 Å². The van der Waals surface area contributed by atoms with Gasteiger partial charge in [0.2, 0.25) is 0 Å². The molecule has 0 spiro atoms. The van der Waals surface area contributed by atoms with Gasteiger partial charge >= 0.3 is 5.63 Å². The Morgan fingerprint density at radius 3 is 2.70 bits per heavy atom. The third-order valence-electron chi connectivity index (χ3n) is 3.40. The fourth-order valence-corrected chi connectivity index (χ4v) is 2.58. The van der Waals surface area contributed by atoms with Gasteiger partial charge in [-0.15, -0.1) is 0 Å². The molecule has 0 aliphatic rings. The number of hydrogen-bond acceptors (Lipinski definition) is 3. The number of aryl methyl sites for hydroxylation is 1. The topological polar surface area (TPSA) is 59.3 Å². The summed E-state index contributed by atoms with van der Waals surface area (Å²) < 4.78 is 5.16. The van der Waals surface area contributed by atoms with Gasteiger partial charge in [-0.3, -0.25) is 4.79 Å². The van der Waals surface area contributed by atoms with Crippen molar-refractivity contribution in [2.45, 2.75) is 6.92 Å². The highest BCUT2D eigenvalue weighted by Crippen LogP contribution is 2.24. The van der Waals surface area contributed by atoms with Gasteiger partial charge in [0, 0.05) is 16.1 Å². The van der Waals surface area contributed by atoms with Crippen LogP contribution in [0.2, 0.25) is 10.0 Å². The second-order valence-electron chi connectivity index (χ2n) is 5.02. The largest absolute Gasteiger partial charge is 0.421 e. The summed E-state index contributed by atoms with van der Waals surface area (Å²) in [5.41, 5.74) is 0.778. The summed E-state index contributed by atoms with van der Waals surface area (Å²) in [6, 6.07) is 11.6. The number of fused-ring (bicyclic) bond motifs is 1. The molecule has 3 rings (SSSR count). The fraction of sp³-hybridized carbons (Fsp3) is 0.0588. The number of carbonyl (C=O) groups excluding carboxylic acids is 1. The zero-order valence-corrected chi connectivity index (χ0v) is 13.5. The molecule has 0 radical (unpaired) electrons. The molecule has 0 bridgehead atoms. The van der Waals surface area contributed by atoms with Crippen LogP contribution in [-0.2, 0) is 0 Å². The van der Waals surface area contributed by atoms with E-state index in [1.165, 1.54) is 6.07 Å². The Hall–Kier alpha value is -2.30. The van der Waals surface area contributed by atoms with E-state index in [0.29, 0.717) is 21.1 Å². The quantitative estimate of drug-likeness (QED) is 0.685. The number of amides is 1. The van der Waals surface area contributed by atoms with Crippen molar-refractivity contribution >= 4 is 45.8 Å². The minimum Gasteiger partial charge on any atom is -0.421 e. The standard InChI is InChI=1S/C17H11Cl2NO3/c1-9-5-6-11(18)8-14(9)20-16(21)12-7-10-3-2-4-13(19)15(10)23-17(12)22/h2-8H,1H3,(H,20,21). The lowest BCUT2D eigenvalue weighted by atomic mass is 10.1. The van der Waals surface area contributed by atoms with E-state index in [-0.39, 0.29) is 11.1 Å². The van der Waals surface area contributed by atoms with Gasteiger partial charge in [-0.25, -0.2) is 4.79 Å². The number of rotatable bonds is 2. The Morgan fingerprint density at radius 1 is 1.13 bits per heavy atom. The van der Waals surface area contributed by atoms with Crippen molar-refractivity contribution in [3.8, 4) is 0 Å². The number of halogens is 2. The van der Waals surface area contributed by atoms with Crippen LogP contribution in [0.1, 0.15) is 15.9 Å². The molecule has 2 aromatic carbocycles. The zero-order chi connectivity index (χ0) is 16.6. The molecule has 0 unspecified atom stereocenters. The third kappa shape index (κ3) is 3.09. The van der Waals surface area contributed by atoms with Crippen LogP contribution in [0, 0.1) is 6.92 Å². The third-order valence-corrected chi connectivity index (χ3v) is 3.94. The number of carbonyl (C=O) groups is 1. The first-order valence-electron chi connectivity index (χ1n) is 6.75.